The van der Waals surface area contributed by atoms with E-state index in [1.807, 2.05) is 0 Å². The van der Waals surface area contributed by atoms with Gasteiger partial charge in [-0.3, -0.25) is 14.4 Å². The average Bonchev–Trinajstić information content (AvgIpc) is 3.34. The Balaban J connectivity index is 1.67. The highest BCUT2D eigenvalue weighted by atomic mass is 32.1. The maximum absolute atomic E-state index is 12.8. The molecule has 3 heterocycles. The molecule has 1 aromatic heterocycles. The number of carbonyl (C=O) groups is 3. The van der Waals surface area contributed by atoms with Crippen molar-refractivity contribution < 1.29 is 29.7 Å². The third-order valence-electron chi connectivity index (χ3n) is 4.14. The van der Waals surface area contributed by atoms with Crippen molar-refractivity contribution in [2.75, 3.05) is 4.90 Å². The van der Waals surface area contributed by atoms with E-state index in [9.17, 15) is 19.6 Å². The summed E-state index contributed by atoms with van der Waals surface area (Å²) in [5, 5.41) is 24.4. The Morgan fingerprint density at radius 1 is 1.27 bits per heavy atom. The summed E-state index contributed by atoms with van der Waals surface area (Å²) in [7, 11) is 0. The number of hydrogen-bond acceptors (Lipinski definition) is 8. The van der Waals surface area contributed by atoms with Gasteiger partial charge in [-0.15, -0.1) is 11.3 Å². The molecule has 0 saturated carbocycles. The van der Waals surface area contributed by atoms with Gasteiger partial charge in [-0.25, -0.2) is 10.1 Å². The van der Waals surface area contributed by atoms with E-state index >= 15 is 0 Å². The molecule has 132 valence electrons. The first kappa shape index (κ1) is 16.5. The van der Waals surface area contributed by atoms with Crippen molar-refractivity contribution in [3.8, 4) is 0 Å². The highest BCUT2D eigenvalue weighted by Crippen LogP contribution is 2.35. The molecule has 2 aromatic rings. The van der Waals surface area contributed by atoms with Crippen molar-refractivity contribution in [3.05, 3.63) is 51.9 Å². The second-order valence-corrected chi connectivity index (χ2v) is 6.60. The Hall–Kier alpha value is -2.92. The monoisotopic (exact) mass is 373 g/mol. The van der Waals surface area contributed by atoms with Crippen LogP contribution in [0.3, 0.4) is 0 Å². The zero-order valence-corrected chi connectivity index (χ0v) is 13.8. The van der Waals surface area contributed by atoms with E-state index in [1.54, 1.807) is 17.5 Å². The van der Waals surface area contributed by atoms with Crippen molar-refractivity contribution in [3.63, 3.8) is 0 Å². The van der Waals surface area contributed by atoms with Gasteiger partial charge in [0.25, 0.3) is 5.91 Å². The summed E-state index contributed by atoms with van der Waals surface area (Å²) in [6, 6.07) is 8.73. The number of nitrogens with one attached hydrogen (secondary N) is 1. The summed E-state index contributed by atoms with van der Waals surface area (Å²) < 4.78 is 0. The van der Waals surface area contributed by atoms with E-state index < -0.39 is 34.8 Å². The van der Waals surface area contributed by atoms with Crippen LogP contribution in [0.5, 0.6) is 0 Å². The van der Waals surface area contributed by atoms with E-state index in [-0.39, 0.29) is 17.1 Å². The van der Waals surface area contributed by atoms with E-state index in [4.69, 9.17) is 10.0 Å². The zero-order valence-electron chi connectivity index (χ0n) is 13.0. The molecule has 1 saturated heterocycles. The molecule has 0 radical (unpaired) electrons. The summed E-state index contributed by atoms with van der Waals surface area (Å²) in [4.78, 5) is 44.2. The van der Waals surface area contributed by atoms with Crippen LogP contribution < -0.4 is 10.1 Å². The molecule has 1 aromatic carbocycles. The SMILES string of the molecule is O=C(C1=NO[C@H]2C(=O)N(c3cccc([NH+]([O-])O)c3)C(=O)[C@H]12)c1cccs1. The van der Waals surface area contributed by atoms with E-state index in [0.717, 1.165) is 4.90 Å². The van der Waals surface area contributed by atoms with Crippen LogP contribution in [0.25, 0.3) is 0 Å². The number of rotatable bonds is 4. The standard InChI is InChI=1S/C16H11N3O6S/c20-13(10-5-2-6-26-10)12-11-14(25-17-12)16(22)18(15(11)21)8-3-1-4-9(7-8)19(23)24/h1-7,11,14,19,23H/t11-,14-/m1/s1. The predicted octanol–water partition coefficient (Wildman–Crippen LogP) is 0.279. The fraction of sp³-hybridized carbons (Fsp3) is 0.125. The predicted molar refractivity (Wildman–Crippen MR) is 89.2 cm³/mol. The molecule has 4 rings (SSSR count). The van der Waals surface area contributed by atoms with Crippen LogP contribution in [-0.4, -0.2) is 34.6 Å². The third-order valence-corrected chi connectivity index (χ3v) is 5.01. The largest absolute Gasteiger partial charge is 0.595 e. The summed E-state index contributed by atoms with van der Waals surface area (Å²) >= 11 is 1.20. The number of oxime groups is 1. The molecule has 2 amide bonds. The average molecular weight is 373 g/mol. The Morgan fingerprint density at radius 2 is 2.08 bits per heavy atom. The number of Topliss-reactive ketones (excluding diaryl/α,β-unsaturated/α-hetero) is 1. The number of thiophene rings is 1. The van der Waals surface area contributed by atoms with Crippen LogP contribution in [0.4, 0.5) is 11.4 Å². The molecule has 0 spiro atoms. The van der Waals surface area contributed by atoms with Gasteiger partial charge in [0.05, 0.1) is 10.6 Å². The molecule has 1 fully saturated rings. The molecule has 10 heteroatoms. The zero-order chi connectivity index (χ0) is 18.4. The van der Waals surface area contributed by atoms with Gasteiger partial charge in [-0.1, -0.05) is 17.3 Å². The first-order chi connectivity index (χ1) is 12.5. The smallest absolute Gasteiger partial charge is 0.278 e. The summed E-state index contributed by atoms with van der Waals surface area (Å²) in [5.41, 5.74) is -0.0712. The van der Waals surface area contributed by atoms with Crippen LogP contribution in [0, 0.1) is 11.1 Å². The Bertz CT molecular complexity index is 939. The molecule has 2 N–H and O–H groups in total. The number of imide groups is 1. The minimum atomic E-state index is -1.21. The van der Waals surface area contributed by atoms with Gasteiger partial charge in [-0.2, -0.15) is 5.23 Å². The molecular weight excluding hydrogens is 362 g/mol. The molecule has 0 aliphatic carbocycles. The summed E-state index contributed by atoms with van der Waals surface area (Å²) in [6.45, 7) is 0. The minimum absolute atomic E-state index is 0.0652. The lowest BCUT2D eigenvalue weighted by Crippen LogP contribution is -2.99. The van der Waals surface area contributed by atoms with Crippen molar-refractivity contribution in [1.82, 2.24) is 0 Å². The van der Waals surface area contributed by atoms with Crippen LogP contribution in [0.1, 0.15) is 9.67 Å². The normalized spacial score (nSPS) is 22.8. The lowest BCUT2D eigenvalue weighted by Gasteiger charge is -2.17. The van der Waals surface area contributed by atoms with E-state index in [0.29, 0.717) is 4.88 Å². The molecule has 1 unspecified atom stereocenters. The van der Waals surface area contributed by atoms with Crippen molar-refractivity contribution in [2.24, 2.45) is 11.1 Å². The number of carbonyl (C=O) groups excluding carboxylic acids is 3. The van der Waals surface area contributed by atoms with Gasteiger partial charge in [0.1, 0.15) is 11.6 Å². The quantitative estimate of drug-likeness (QED) is 0.451. The second-order valence-electron chi connectivity index (χ2n) is 5.65. The molecule has 26 heavy (non-hydrogen) atoms. The summed E-state index contributed by atoms with van der Waals surface area (Å²) in [6.07, 6.45) is -1.21. The first-order valence-corrected chi connectivity index (χ1v) is 8.40. The Labute approximate surface area is 150 Å². The topological polar surface area (TPSA) is 124 Å². The number of ketones is 1. The number of nitrogens with zero attached hydrogens (tertiary/aromatic N) is 2. The number of anilines is 1. The second kappa shape index (κ2) is 6.11. The molecule has 3 atom stereocenters. The minimum Gasteiger partial charge on any atom is -0.595 e. The van der Waals surface area contributed by atoms with Gasteiger partial charge in [0.2, 0.25) is 17.8 Å². The maximum Gasteiger partial charge on any atom is 0.278 e. The number of hydrogen-bond donors (Lipinski definition) is 2. The highest BCUT2D eigenvalue weighted by molar-refractivity contribution is 7.13. The van der Waals surface area contributed by atoms with Crippen LogP contribution >= 0.6 is 11.3 Å². The number of benzene rings is 1. The molecule has 0 bridgehead atoms. The van der Waals surface area contributed by atoms with Crippen molar-refractivity contribution in [2.45, 2.75) is 6.10 Å². The molecular formula is C16H11N3O6S. The van der Waals surface area contributed by atoms with Crippen molar-refractivity contribution in [1.29, 1.82) is 0 Å². The van der Waals surface area contributed by atoms with Crippen LogP contribution in [-0.2, 0) is 14.4 Å². The fourth-order valence-corrected chi connectivity index (χ4v) is 3.61. The third kappa shape index (κ3) is 2.44. The lowest BCUT2D eigenvalue weighted by atomic mass is 9.96. The van der Waals surface area contributed by atoms with Gasteiger partial charge < -0.3 is 10.0 Å². The fourth-order valence-electron chi connectivity index (χ4n) is 2.93. The van der Waals surface area contributed by atoms with E-state index in [2.05, 4.69) is 5.16 Å². The lowest BCUT2D eigenvalue weighted by molar-refractivity contribution is -0.991. The highest BCUT2D eigenvalue weighted by Gasteiger charge is 2.57. The number of quaternary nitrogens is 1. The Morgan fingerprint density at radius 3 is 2.77 bits per heavy atom. The Kier molecular flexibility index (Phi) is 3.89. The van der Waals surface area contributed by atoms with Gasteiger partial charge >= 0.3 is 0 Å². The molecule has 9 nitrogen and oxygen atoms in total. The van der Waals surface area contributed by atoms with Crippen molar-refractivity contribution >= 4 is 46.0 Å². The summed E-state index contributed by atoms with van der Waals surface area (Å²) in [5.74, 6) is -2.94. The van der Waals surface area contributed by atoms with Gasteiger partial charge in [-0.05, 0) is 17.5 Å². The maximum atomic E-state index is 12.8. The molecule has 2 aliphatic rings. The molecule has 2 aliphatic heterocycles. The first-order valence-electron chi connectivity index (χ1n) is 7.52. The van der Waals surface area contributed by atoms with Crippen LogP contribution in [0.2, 0.25) is 0 Å². The number of amides is 2. The number of fused-ring (bicyclic) bond motifs is 1. The van der Waals surface area contributed by atoms with E-state index in [1.165, 1.54) is 35.6 Å². The van der Waals surface area contributed by atoms with Crippen LogP contribution in [0.15, 0.2) is 46.9 Å². The van der Waals surface area contributed by atoms with Gasteiger partial charge in [0.15, 0.2) is 5.69 Å². The van der Waals surface area contributed by atoms with Gasteiger partial charge in [0, 0.05) is 12.1 Å².